The molecule has 5 nitrogen and oxygen atoms in total. The Morgan fingerprint density at radius 2 is 2.08 bits per heavy atom. The number of hydrogen-bond donors (Lipinski definition) is 0. The molecule has 2 aromatic heterocycles. The summed E-state index contributed by atoms with van der Waals surface area (Å²) < 4.78 is 12.1. The van der Waals surface area contributed by atoms with Crippen molar-refractivity contribution in [3.05, 3.63) is 52.4 Å². The van der Waals surface area contributed by atoms with Crippen molar-refractivity contribution >= 4 is 34.8 Å². The molecule has 0 spiro atoms. The Morgan fingerprint density at radius 1 is 1.29 bits per heavy atom. The second-order valence-corrected chi connectivity index (χ2v) is 5.75. The molecule has 0 N–H and O–H groups in total. The van der Waals surface area contributed by atoms with E-state index in [1.165, 1.54) is 0 Å². The van der Waals surface area contributed by atoms with Crippen molar-refractivity contribution in [2.75, 3.05) is 13.7 Å². The summed E-state index contributed by atoms with van der Waals surface area (Å²) in [6.07, 6.45) is 3.41. The molecule has 0 bridgehead atoms. The van der Waals surface area contributed by atoms with Crippen LogP contribution in [0.3, 0.4) is 0 Å². The van der Waals surface area contributed by atoms with Gasteiger partial charge in [0.15, 0.2) is 5.69 Å². The fourth-order valence-electron chi connectivity index (χ4n) is 2.41. The average Bonchev–Trinajstić information content (AvgIpc) is 3.00. The van der Waals surface area contributed by atoms with Gasteiger partial charge in [-0.15, -0.1) is 0 Å². The fraction of sp³-hybridized carbons (Fsp3) is 0.176. The Labute approximate surface area is 148 Å². The SMILES string of the molecule is CCOC(=O)c1cn2ccc(-c3c(OC)ccc(Cl)c3Cl)cc2n1. The predicted molar refractivity (Wildman–Crippen MR) is 93.2 cm³/mol. The largest absolute Gasteiger partial charge is 0.496 e. The van der Waals surface area contributed by atoms with Gasteiger partial charge in [0.2, 0.25) is 0 Å². The van der Waals surface area contributed by atoms with Crippen LogP contribution in [0.5, 0.6) is 5.75 Å². The first-order chi connectivity index (χ1) is 11.5. The lowest BCUT2D eigenvalue weighted by Crippen LogP contribution is -2.04. The molecule has 0 unspecified atom stereocenters. The number of carbonyl (C=O) groups excluding carboxylic acids is 1. The number of benzene rings is 1. The third-order valence-electron chi connectivity index (χ3n) is 3.51. The highest BCUT2D eigenvalue weighted by molar-refractivity contribution is 6.44. The molecular weight excluding hydrogens is 351 g/mol. The van der Waals surface area contributed by atoms with Gasteiger partial charge in [-0.1, -0.05) is 23.2 Å². The van der Waals surface area contributed by atoms with Crippen molar-refractivity contribution in [3.63, 3.8) is 0 Å². The van der Waals surface area contributed by atoms with E-state index in [1.807, 2.05) is 12.1 Å². The van der Waals surface area contributed by atoms with Gasteiger partial charge >= 0.3 is 5.97 Å². The second kappa shape index (κ2) is 6.71. The normalized spacial score (nSPS) is 10.8. The average molecular weight is 365 g/mol. The molecule has 3 rings (SSSR count). The Kier molecular flexibility index (Phi) is 4.64. The number of ether oxygens (including phenoxy) is 2. The molecule has 2 heterocycles. The van der Waals surface area contributed by atoms with Crippen LogP contribution in [0, 0.1) is 0 Å². The minimum atomic E-state index is -0.457. The van der Waals surface area contributed by atoms with Crippen molar-refractivity contribution in [1.82, 2.24) is 9.38 Å². The summed E-state index contributed by atoms with van der Waals surface area (Å²) in [7, 11) is 1.57. The Morgan fingerprint density at radius 3 is 2.79 bits per heavy atom. The number of methoxy groups -OCH3 is 1. The van der Waals surface area contributed by atoms with Crippen LogP contribution in [-0.4, -0.2) is 29.1 Å². The number of imidazole rings is 1. The molecule has 0 radical (unpaired) electrons. The highest BCUT2D eigenvalue weighted by Crippen LogP contribution is 2.40. The molecule has 0 aliphatic heterocycles. The van der Waals surface area contributed by atoms with Gasteiger partial charge in [0.1, 0.15) is 11.4 Å². The van der Waals surface area contributed by atoms with Gasteiger partial charge in [-0.05, 0) is 36.8 Å². The highest BCUT2D eigenvalue weighted by Gasteiger charge is 2.16. The summed E-state index contributed by atoms with van der Waals surface area (Å²) in [5.74, 6) is 0.145. The number of nitrogens with zero attached hydrogens (tertiary/aromatic N) is 2. The zero-order chi connectivity index (χ0) is 17.3. The van der Waals surface area contributed by atoms with Gasteiger partial charge < -0.3 is 13.9 Å². The number of esters is 1. The molecule has 24 heavy (non-hydrogen) atoms. The van der Waals surface area contributed by atoms with Crippen LogP contribution >= 0.6 is 23.2 Å². The number of fused-ring (bicyclic) bond motifs is 1. The molecular formula is C17H14Cl2N2O3. The second-order valence-electron chi connectivity index (χ2n) is 4.97. The molecule has 0 saturated carbocycles. The summed E-state index contributed by atoms with van der Waals surface area (Å²) >= 11 is 12.5. The van der Waals surface area contributed by atoms with Gasteiger partial charge in [0, 0.05) is 18.0 Å². The Balaban J connectivity index is 2.12. The lowest BCUT2D eigenvalue weighted by atomic mass is 10.1. The molecule has 0 fully saturated rings. The van der Waals surface area contributed by atoms with E-state index >= 15 is 0 Å². The lowest BCUT2D eigenvalue weighted by Gasteiger charge is -2.12. The number of rotatable bonds is 4. The van der Waals surface area contributed by atoms with Crippen molar-refractivity contribution in [1.29, 1.82) is 0 Å². The van der Waals surface area contributed by atoms with E-state index in [1.54, 1.807) is 43.0 Å². The van der Waals surface area contributed by atoms with E-state index in [0.29, 0.717) is 33.6 Å². The Hall–Kier alpha value is -2.24. The maximum atomic E-state index is 11.8. The highest BCUT2D eigenvalue weighted by atomic mass is 35.5. The standard InChI is InChI=1S/C17H14Cl2N2O3/c1-3-24-17(22)12-9-21-7-6-10(8-14(21)20-12)15-13(23-2)5-4-11(18)16(15)19/h4-9H,3H2,1-2H3. The first kappa shape index (κ1) is 16.6. The molecule has 0 amide bonds. The number of halogens is 2. The van der Waals surface area contributed by atoms with E-state index in [9.17, 15) is 4.79 Å². The van der Waals surface area contributed by atoms with Crippen LogP contribution in [0.1, 0.15) is 17.4 Å². The summed E-state index contributed by atoms with van der Waals surface area (Å²) in [5.41, 5.74) is 2.30. The molecule has 3 aromatic rings. The number of pyridine rings is 1. The van der Waals surface area contributed by atoms with Gasteiger partial charge in [-0.3, -0.25) is 0 Å². The Bertz CT molecular complexity index is 922. The fourth-order valence-corrected chi connectivity index (χ4v) is 2.84. The topological polar surface area (TPSA) is 52.8 Å². The lowest BCUT2D eigenvalue weighted by molar-refractivity contribution is 0.0520. The molecule has 0 aliphatic carbocycles. The smallest absolute Gasteiger partial charge is 0.358 e. The minimum absolute atomic E-state index is 0.248. The zero-order valence-electron chi connectivity index (χ0n) is 13.0. The van der Waals surface area contributed by atoms with Gasteiger partial charge in [-0.25, -0.2) is 9.78 Å². The molecule has 7 heteroatoms. The van der Waals surface area contributed by atoms with E-state index < -0.39 is 5.97 Å². The van der Waals surface area contributed by atoms with Gasteiger partial charge in [-0.2, -0.15) is 0 Å². The molecule has 0 atom stereocenters. The van der Waals surface area contributed by atoms with Gasteiger partial charge in [0.05, 0.1) is 23.8 Å². The molecule has 124 valence electrons. The maximum absolute atomic E-state index is 11.8. The summed E-state index contributed by atoms with van der Waals surface area (Å²) in [6, 6.07) is 7.09. The monoisotopic (exact) mass is 364 g/mol. The van der Waals surface area contributed by atoms with Crippen molar-refractivity contribution in [2.24, 2.45) is 0 Å². The first-order valence-electron chi connectivity index (χ1n) is 7.23. The number of carbonyl (C=O) groups is 1. The van der Waals surface area contributed by atoms with E-state index in [2.05, 4.69) is 4.98 Å². The minimum Gasteiger partial charge on any atom is -0.496 e. The quantitative estimate of drug-likeness (QED) is 0.639. The van der Waals surface area contributed by atoms with E-state index in [4.69, 9.17) is 32.7 Å². The van der Waals surface area contributed by atoms with Crippen molar-refractivity contribution in [2.45, 2.75) is 6.92 Å². The van der Waals surface area contributed by atoms with Crippen LogP contribution < -0.4 is 4.74 Å². The first-order valence-corrected chi connectivity index (χ1v) is 7.99. The summed E-state index contributed by atoms with van der Waals surface area (Å²) in [5, 5.41) is 0.834. The van der Waals surface area contributed by atoms with Crippen LogP contribution in [0.15, 0.2) is 36.7 Å². The molecule has 1 aromatic carbocycles. The third kappa shape index (κ3) is 2.92. The number of aromatic nitrogens is 2. The summed E-state index contributed by atoms with van der Waals surface area (Å²) in [4.78, 5) is 16.1. The van der Waals surface area contributed by atoms with Crippen molar-refractivity contribution in [3.8, 4) is 16.9 Å². The van der Waals surface area contributed by atoms with Crippen LogP contribution in [0.4, 0.5) is 0 Å². The van der Waals surface area contributed by atoms with Crippen LogP contribution in [0.25, 0.3) is 16.8 Å². The van der Waals surface area contributed by atoms with E-state index in [-0.39, 0.29) is 5.69 Å². The summed E-state index contributed by atoms with van der Waals surface area (Å²) in [6.45, 7) is 2.05. The predicted octanol–water partition coefficient (Wildman–Crippen LogP) is 4.49. The number of hydrogen-bond acceptors (Lipinski definition) is 4. The van der Waals surface area contributed by atoms with Crippen molar-refractivity contribution < 1.29 is 14.3 Å². The van der Waals surface area contributed by atoms with Crippen LogP contribution in [-0.2, 0) is 4.74 Å². The zero-order valence-corrected chi connectivity index (χ0v) is 14.6. The third-order valence-corrected chi connectivity index (χ3v) is 4.31. The maximum Gasteiger partial charge on any atom is 0.358 e. The van der Waals surface area contributed by atoms with Crippen LogP contribution in [0.2, 0.25) is 10.0 Å². The van der Waals surface area contributed by atoms with Gasteiger partial charge in [0.25, 0.3) is 0 Å². The van der Waals surface area contributed by atoms with E-state index in [0.717, 1.165) is 5.56 Å². The molecule has 0 aliphatic rings. The molecule has 0 saturated heterocycles.